The number of para-hydroxylation sites is 2. The van der Waals surface area contributed by atoms with E-state index in [9.17, 15) is 13.2 Å². The summed E-state index contributed by atoms with van der Waals surface area (Å²) in [6.07, 6.45) is -0.800. The van der Waals surface area contributed by atoms with E-state index in [1.807, 2.05) is 25.1 Å². The van der Waals surface area contributed by atoms with Gasteiger partial charge in [-0.05, 0) is 55.5 Å². The van der Waals surface area contributed by atoms with Gasteiger partial charge in [0.1, 0.15) is 6.61 Å². The molecule has 1 amide bonds. The molecule has 1 heterocycles. The van der Waals surface area contributed by atoms with Crippen LogP contribution in [0.3, 0.4) is 0 Å². The highest BCUT2D eigenvalue weighted by Crippen LogP contribution is 2.31. The number of amides is 1. The van der Waals surface area contributed by atoms with Gasteiger partial charge in [0.25, 0.3) is 15.9 Å². The lowest BCUT2D eigenvalue weighted by atomic mass is 10.2. The van der Waals surface area contributed by atoms with Gasteiger partial charge in [0.2, 0.25) is 6.10 Å². The zero-order valence-corrected chi connectivity index (χ0v) is 17.0. The summed E-state index contributed by atoms with van der Waals surface area (Å²) >= 11 is 0. The normalized spacial score (nSPS) is 15.3. The molecule has 2 N–H and O–H groups in total. The molecule has 1 atom stereocenters. The molecule has 3 aromatic rings. The van der Waals surface area contributed by atoms with Crippen LogP contribution < -0.4 is 19.5 Å². The molecule has 4 rings (SSSR count). The van der Waals surface area contributed by atoms with E-state index in [2.05, 4.69) is 10.0 Å². The summed E-state index contributed by atoms with van der Waals surface area (Å²) in [5, 5.41) is 2.72. The molecule has 0 saturated heterocycles. The van der Waals surface area contributed by atoms with Gasteiger partial charge < -0.3 is 14.8 Å². The maximum absolute atomic E-state index is 12.5. The number of anilines is 2. The number of benzene rings is 3. The van der Waals surface area contributed by atoms with Gasteiger partial charge >= 0.3 is 0 Å². The monoisotopic (exact) mass is 424 g/mol. The van der Waals surface area contributed by atoms with Gasteiger partial charge in [-0.1, -0.05) is 29.8 Å². The largest absolute Gasteiger partial charge is 0.485 e. The third-order valence-electron chi connectivity index (χ3n) is 4.54. The minimum Gasteiger partial charge on any atom is -0.485 e. The van der Waals surface area contributed by atoms with Crippen LogP contribution in [0.2, 0.25) is 0 Å². The molecule has 7 nitrogen and oxygen atoms in total. The predicted molar refractivity (Wildman–Crippen MR) is 113 cm³/mol. The van der Waals surface area contributed by atoms with Crippen molar-refractivity contribution < 1.29 is 22.7 Å². The third-order valence-corrected chi connectivity index (χ3v) is 5.93. The molecule has 0 aliphatic carbocycles. The van der Waals surface area contributed by atoms with Gasteiger partial charge in [0.15, 0.2) is 11.5 Å². The van der Waals surface area contributed by atoms with Crippen molar-refractivity contribution in [2.75, 3.05) is 16.6 Å². The summed E-state index contributed by atoms with van der Waals surface area (Å²) in [4.78, 5) is 12.6. The topological polar surface area (TPSA) is 93.7 Å². The number of carbonyl (C=O) groups is 1. The zero-order valence-electron chi connectivity index (χ0n) is 16.2. The Morgan fingerprint density at radius 3 is 2.23 bits per heavy atom. The number of aryl methyl sites for hydroxylation is 1. The second-order valence-electron chi connectivity index (χ2n) is 6.85. The van der Waals surface area contributed by atoms with Gasteiger partial charge in [-0.3, -0.25) is 9.52 Å². The molecule has 1 aliphatic heterocycles. The standard InChI is InChI=1S/C22H20N2O5S/c1-15-6-8-17(9-7-15)24-30(26,27)18-12-10-16(11-13-18)23-22(25)21-14-28-19-4-2-3-5-20(19)29-21/h2-13,21,24H,14H2,1H3,(H,23,25)/t21-/m0/s1. The Labute approximate surface area is 174 Å². The summed E-state index contributed by atoms with van der Waals surface area (Å²) in [6, 6.07) is 20.1. The molecule has 0 saturated carbocycles. The van der Waals surface area contributed by atoms with E-state index in [0.29, 0.717) is 22.9 Å². The Balaban J connectivity index is 1.41. The van der Waals surface area contributed by atoms with Gasteiger partial charge in [-0.2, -0.15) is 0 Å². The van der Waals surface area contributed by atoms with Crippen LogP contribution in [0.25, 0.3) is 0 Å². The van der Waals surface area contributed by atoms with Crippen LogP contribution in [0.4, 0.5) is 11.4 Å². The van der Waals surface area contributed by atoms with Gasteiger partial charge in [0.05, 0.1) is 4.90 Å². The maximum atomic E-state index is 12.5. The molecule has 154 valence electrons. The van der Waals surface area contributed by atoms with Crippen LogP contribution in [0.1, 0.15) is 5.56 Å². The first kappa shape index (κ1) is 19.8. The van der Waals surface area contributed by atoms with E-state index < -0.39 is 16.1 Å². The average molecular weight is 424 g/mol. The Morgan fingerprint density at radius 2 is 1.53 bits per heavy atom. The van der Waals surface area contributed by atoms with E-state index in [1.54, 1.807) is 30.3 Å². The molecule has 0 spiro atoms. The highest BCUT2D eigenvalue weighted by molar-refractivity contribution is 7.92. The van der Waals surface area contributed by atoms with Crippen LogP contribution in [-0.4, -0.2) is 27.0 Å². The third kappa shape index (κ3) is 4.38. The van der Waals surface area contributed by atoms with Crippen molar-refractivity contribution >= 4 is 27.3 Å². The first-order chi connectivity index (χ1) is 14.4. The van der Waals surface area contributed by atoms with Gasteiger partial charge in [-0.25, -0.2) is 8.42 Å². The lowest BCUT2D eigenvalue weighted by Gasteiger charge is -2.25. The molecule has 0 fully saturated rings. The average Bonchev–Trinajstić information content (AvgIpc) is 2.75. The highest BCUT2D eigenvalue weighted by atomic mass is 32.2. The molecule has 0 aromatic heterocycles. The van der Waals surface area contributed by atoms with E-state index in [4.69, 9.17) is 9.47 Å². The molecular weight excluding hydrogens is 404 g/mol. The van der Waals surface area contributed by atoms with E-state index in [0.717, 1.165) is 5.56 Å². The number of hydrogen-bond donors (Lipinski definition) is 2. The minimum atomic E-state index is -3.73. The zero-order chi connectivity index (χ0) is 21.1. The van der Waals surface area contributed by atoms with Crippen LogP contribution >= 0.6 is 0 Å². The second kappa shape index (κ2) is 8.08. The van der Waals surface area contributed by atoms with Crippen molar-refractivity contribution in [2.45, 2.75) is 17.9 Å². The Morgan fingerprint density at radius 1 is 0.900 bits per heavy atom. The van der Waals surface area contributed by atoms with Crippen LogP contribution in [-0.2, 0) is 14.8 Å². The number of sulfonamides is 1. The smallest absolute Gasteiger partial charge is 0.269 e. The second-order valence-corrected chi connectivity index (χ2v) is 8.53. The fraction of sp³-hybridized carbons (Fsp3) is 0.136. The summed E-state index contributed by atoms with van der Waals surface area (Å²) in [5.74, 6) is 0.725. The molecule has 8 heteroatoms. The lowest BCUT2D eigenvalue weighted by Crippen LogP contribution is -2.40. The van der Waals surface area contributed by atoms with E-state index in [-0.39, 0.29) is 17.4 Å². The van der Waals surface area contributed by atoms with Crippen molar-refractivity contribution in [3.05, 3.63) is 78.4 Å². The molecule has 30 heavy (non-hydrogen) atoms. The van der Waals surface area contributed by atoms with Crippen molar-refractivity contribution in [3.8, 4) is 11.5 Å². The lowest BCUT2D eigenvalue weighted by molar-refractivity contribution is -0.125. The number of fused-ring (bicyclic) bond motifs is 1. The van der Waals surface area contributed by atoms with Crippen molar-refractivity contribution in [2.24, 2.45) is 0 Å². The van der Waals surface area contributed by atoms with Crippen molar-refractivity contribution in [1.82, 2.24) is 0 Å². The van der Waals surface area contributed by atoms with E-state index >= 15 is 0 Å². The van der Waals surface area contributed by atoms with Crippen LogP contribution in [0.5, 0.6) is 11.5 Å². The van der Waals surface area contributed by atoms with Gasteiger partial charge in [0, 0.05) is 11.4 Å². The van der Waals surface area contributed by atoms with Crippen molar-refractivity contribution in [1.29, 1.82) is 0 Å². The molecule has 3 aromatic carbocycles. The summed E-state index contributed by atoms with van der Waals surface area (Å²) in [7, 11) is -3.73. The SMILES string of the molecule is Cc1ccc(NS(=O)(=O)c2ccc(NC(=O)[C@@H]3COc4ccccc4O3)cc2)cc1. The number of hydrogen-bond acceptors (Lipinski definition) is 5. The van der Waals surface area contributed by atoms with Crippen LogP contribution in [0.15, 0.2) is 77.7 Å². The number of rotatable bonds is 5. The summed E-state index contributed by atoms with van der Waals surface area (Å²) in [6.45, 7) is 2.02. The quantitative estimate of drug-likeness (QED) is 0.653. The molecule has 1 aliphatic rings. The van der Waals surface area contributed by atoms with Crippen molar-refractivity contribution in [3.63, 3.8) is 0 Å². The first-order valence-electron chi connectivity index (χ1n) is 9.30. The highest BCUT2D eigenvalue weighted by Gasteiger charge is 2.27. The number of nitrogens with one attached hydrogen (secondary N) is 2. The summed E-state index contributed by atoms with van der Waals surface area (Å²) in [5.41, 5.74) is 1.97. The number of carbonyl (C=O) groups excluding carboxylic acids is 1. The Hall–Kier alpha value is -3.52. The first-order valence-corrected chi connectivity index (χ1v) is 10.8. The number of ether oxygens (including phenoxy) is 2. The molecular formula is C22H20N2O5S. The Bertz CT molecular complexity index is 1160. The van der Waals surface area contributed by atoms with Gasteiger partial charge in [-0.15, -0.1) is 0 Å². The van der Waals surface area contributed by atoms with Crippen LogP contribution in [0, 0.1) is 6.92 Å². The molecule has 0 unspecified atom stereocenters. The molecule has 0 radical (unpaired) electrons. The fourth-order valence-corrected chi connectivity index (χ4v) is 3.98. The Kier molecular flexibility index (Phi) is 5.33. The maximum Gasteiger partial charge on any atom is 0.269 e. The summed E-state index contributed by atoms with van der Waals surface area (Å²) < 4.78 is 38.9. The fourth-order valence-electron chi connectivity index (χ4n) is 2.92. The minimum absolute atomic E-state index is 0.0900. The van der Waals surface area contributed by atoms with E-state index in [1.165, 1.54) is 24.3 Å². The predicted octanol–water partition coefficient (Wildman–Crippen LogP) is 3.57. The molecule has 0 bridgehead atoms.